The van der Waals surface area contributed by atoms with Gasteiger partial charge in [-0.3, -0.25) is 4.79 Å². The van der Waals surface area contributed by atoms with Gasteiger partial charge in [0.15, 0.2) is 4.87 Å². The Kier molecular flexibility index (Phi) is 7.70. The molecule has 0 saturated carbocycles. The van der Waals surface area contributed by atoms with E-state index in [1.165, 1.54) is 18.7 Å². The summed E-state index contributed by atoms with van der Waals surface area (Å²) in [5.41, 5.74) is 1.38. The highest BCUT2D eigenvalue weighted by atomic mass is 32.2. The first kappa shape index (κ1) is 23.7. The van der Waals surface area contributed by atoms with Gasteiger partial charge in [0.2, 0.25) is 5.91 Å². The second-order valence-electron chi connectivity index (χ2n) is 8.52. The van der Waals surface area contributed by atoms with Gasteiger partial charge in [0.05, 0.1) is 5.41 Å². The average molecular weight is 413 g/mol. The summed E-state index contributed by atoms with van der Waals surface area (Å²) in [6, 6.07) is 8.04. The number of carboxylic acids is 1. The molecule has 1 rings (SSSR count). The second kappa shape index (κ2) is 8.78. The van der Waals surface area contributed by atoms with Crippen molar-refractivity contribution in [3.05, 3.63) is 29.8 Å². The predicted octanol–water partition coefficient (Wildman–Crippen LogP) is 4.03. The highest BCUT2D eigenvalue weighted by Gasteiger charge is 2.39. The van der Waals surface area contributed by atoms with Crippen LogP contribution in [0.5, 0.6) is 0 Å². The van der Waals surface area contributed by atoms with Crippen molar-refractivity contribution in [2.75, 3.05) is 17.7 Å². The smallest absolute Gasteiger partial charge is 0.339 e. The maximum absolute atomic E-state index is 12.4. The number of hydrogen-bond acceptors (Lipinski definition) is 5. The molecule has 0 spiro atoms. The first-order valence-corrected chi connectivity index (χ1v) is 10.5. The van der Waals surface area contributed by atoms with E-state index in [1.54, 1.807) is 13.8 Å². The van der Waals surface area contributed by atoms with Crippen molar-refractivity contribution in [3.8, 4) is 0 Å². The van der Waals surface area contributed by atoms with Gasteiger partial charge in [0.1, 0.15) is 0 Å². The molecular weight excluding hydrogens is 380 g/mol. The topological polar surface area (TPSA) is 69.6 Å². The number of nitrogens with one attached hydrogen (secondary N) is 1. The Morgan fingerprint density at radius 2 is 1.63 bits per heavy atom. The van der Waals surface area contributed by atoms with Crippen LogP contribution in [0.15, 0.2) is 24.3 Å². The second-order valence-corrected chi connectivity index (χ2v) is 10.2. The first-order chi connectivity index (χ1) is 12.2. The summed E-state index contributed by atoms with van der Waals surface area (Å²) in [5.74, 6) is -0.580. The SMILES string of the molecule is CN(c1ccc(CSC(C)(NC(=O)C(C)(C)CS)C(=O)O)cc1)C(C)(C)C. The molecule has 0 saturated heterocycles. The van der Waals surface area contributed by atoms with Gasteiger partial charge in [-0.2, -0.15) is 12.6 Å². The van der Waals surface area contributed by atoms with E-state index in [2.05, 4.69) is 43.6 Å². The van der Waals surface area contributed by atoms with Crippen LogP contribution in [0.3, 0.4) is 0 Å². The van der Waals surface area contributed by atoms with E-state index >= 15 is 0 Å². The zero-order chi connectivity index (χ0) is 21.0. The number of nitrogens with zero attached hydrogens (tertiary/aromatic N) is 1. The van der Waals surface area contributed by atoms with Crippen LogP contribution in [0.4, 0.5) is 5.69 Å². The lowest BCUT2D eigenvalue weighted by molar-refractivity contribution is -0.144. The van der Waals surface area contributed by atoms with E-state index in [0.717, 1.165) is 11.3 Å². The fourth-order valence-electron chi connectivity index (χ4n) is 2.04. The van der Waals surface area contributed by atoms with E-state index in [1.807, 2.05) is 31.3 Å². The van der Waals surface area contributed by atoms with Crippen LogP contribution in [0.25, 0.3) is 0 Å². The first-order valence-electron chi connectivity index (χ1n) is 8.86. The number of anilines is 1. The zero-order valence-electron chi connectivity index (χ0n) is 17.3. The summed E-state index contributed by atoms with van der Waals surface area (Å²) in [7, 11) is 2.05. The summed E-state index contributed by atoms with van der Waals surface area (Å²) in [5, 5.41) is 12.3. The Morgan fingerprint density at radius 1 is 1.11 bits per heavy atom. The third-order valence-electron chi connectivity index (χ3n) is 4.63. The number of amides is 1. The van der Waals surface area contributed by atoms with Crippen LogP contribution in [-0.2, 0) is 15.3 Å². The van der Waals surface area contributed by atoms with Gasteiger partial charge in [0, 0.05) is 29.8 Å². The predicted molar refractivity (Wildman–Crippen MR) is 118 cm³/mol. The molecule has 152 valence electrons. The van der Waals surface area contributed by atoms with Crippen molar-refractivity contribution in [2.24, 2.45) is 5.41 Å². The molecule has 0 radical (unpaired) electrons. The number of carboxylic acid groups (broad SMARTS) is 1. The minimum Gasteiger partial charge on any atom is -0.479 e. The summed E-state index contributed by atoms with van der Waals surface area (Å²) >= 11 is 5.37. The number of aliphatic carboxylic acids is 1. The van der Waals surface area contributed by atoms with Gasteiger partial charge < -0.3 is 15.3 Å². The van der Waals surface area contributed by atoms with Crippen LogP contribution in [0, 0.1) is 5.41 Å². The summed E-state index contributed by atoms with van der Waals surface area (Å²) in [6.45, 7) is 11.4. The van der Waals surface area contributed by atoms with Crippen molar-refractivity contribution >= 4 is 42.0 Å². The molecule has 5 nitrogen and oxygen atoms in total. The third-order valence-corrected chi connectivity index (χ3v) is 6.75. The van der Waals surface area contributed by atoms with Crippen molar-refractivity contribution < 1.29 is 14.7 Å². The van der Waals surface area contributed by atoms with Crippen molar-refractivity contribution in [2.45, 2.75) is 57.7 Å². The van der Waals surface area contributed by atoms with E-state index in [4.69, 9.17) is 0 Å². The van der Waals surface area contributed by atoms with E-state index in [9.17, 15) is 14.7 Å². The van der Waals surface area contributed by atoms with Crippen molar-refractivity contribution in [3.63, 3.8) is 0 Å². The molecule has 1 unspecified atom stereocenters. The van der Waals surface area contributed by atoms with Crippen LogP contribution in [0.1, 0.15) is 47.1 Å². The summed E-state index contributed by atoms with van der Waals surface area (Å²) in [4.78, 5) is 25.0. The fourth-order valence-corrected chi connectivity index (χ4v) is 3.12. The van der Waals surface area contributed by atoms with Gasteiger partial charge in [-0.1, -0.05) is 26.0 Å². The molecule has 0 aliphatic carbocycles. The number of thiol groups is 1. The van der Waals surface area contributed by atoms with Gasteiger partial charge in [-0.25, -0.2) is 4.79 Å². The Hall–Kier alpha value is -1.34. The molecule has 2 N–H and O–H groups in total. The molecule has 0 heterocycles. The lowest BCUT2D eigenvalue weighted by Gasteiger charge is -2.34. The Bertz CT molecular complexity index is 669. The lowest BCUT2D eigenvalue weighted by atomic mass is 9.95. The largest absolute Gasteiger partial charge is 0.479 e. The minimum absolute atomic E-state index is 0.0161. The molecule has 1 amide bonds. The van der Waals surface area contributed by atoms with E-state index in [0.29, 0.717) is 11.5 Å². The standard InChI is InChI=1S/C20H32N2O3S2/c1-18(2,3)22(7)15-10-8-14(9-11-15)12-27-20(6,17(24)25)21-16(23)19(4,5)13-26/h8-11,26H,12-13H2,1-7H3,(H,21,23)(H,24,25). The number of carbonyl (C=O) groups is 2. The molecule has 0 bridgehead atoms. The molecule has 0 aromatic heterocycles. The zero-order valence-corrected chi connectivity index (χ0v) is 19.0. The minimum atomic E-state index is -1.40. The van der Waals surface area contributed by atoms with Crippen LogP contribution >= 0.6 is 24.4 Å². The maximum Gasteiger partial charge on any atom is 0.339 e. The monoisotopic (exact) mass is 412 g/mol. The molecule has 27 heavy (non-hydrogen) atoms. The van der Waals surface area contributed by atoms with Crippen molar-refractivity contribution in [1.82, 2.24) is 5.32 Å². The molecule has 1 aromatic carbocycles. The number of rotatable bonds is 8. The van der Waals surface area contributed by atoms with Crippen LogP contribution < -0.4 is 10.2 Å². The van der Waals surface area contributed by atoms with E-state index in [-0.39, 0.29) is 11.4 Å². The summed E-state index contributed by atoms with van der Waals surface area (Å²) in [6.07, 6.45) is 0. The lowest BCUT2D eigenvalue weighted by Crippen LogP contribution is -2.53. The normalized spacial score (nSPS) is 14.4. The van der Waals surface area contributed by atoms with Crippen molar-refractivity contribution in [1.29, 1.82) is 0 Å². The quantitative estimate of drug-likeness (QED) is 0.444. The average Bonchev–Trinajstić information content (AvgIpc) is 2.58. The summed E-state index contributed by atoms with van der Waals surface area (Å²) < 4.78 is 0. The number of carbonyl (C=O) groups excluding carboxylic acids is 1. The highest BCUT2D eigenvalue weighted by molar-refractivity contribution is 8.00. The molecule has 0 aliphatic heterocycles. The van der Waals surface area contributed by atoms with Gasteiger partial charge in [0.25, 0.3) is 0 Å². The Balaban J connectivity index is 2.86. The van der Waals surface area contributed by atoms with Crippen LogP contribution in [0.2, 0.25) is 0 Å². The number of benzene rings is 1. The number of hydrogen-bond donors (Lipinski definition) is 3. The molecule has 1 aromatic rings. The molecule has 1 atom stereocenters. The third kappa shape index (κ3) is 6.35. The highest BCUT2D eigenvalue weighted by Crippen LogP contribution is 2.30. The van der Waals surface area contributed by atoms with Gasteiger partial charge >= 0.3 is 5.97 Å². The number of thioether (sulfide) groups is 1. The maximum atomic E-state index is 12.4. The Morgan fingerprint density at radius 3 is 2.04 bits per heavy atom. The molecular formula is C20H32N2O3S2. The Labute approximate surface area is 172 Å². The molecule has 7 heteroatoms. The van der Waals surface area contributed by atoms with Gasteiger partial charge in [-0.05, 0) is 45.4 Å². The van der Waals surface area contributed by atoms with Crippen LogP contribution in [-0.4, -0.2) is 40.2 Å². The van der Waals surface area contributed by atoms with E-state index < -0.39 is 16.3 Å². The molecule has 0 aliphatic rings. The van der Waals surface area contributed by atoms with Gasteiger partial charge in [-0.15, -0.1) is 11.8 Å². The fraction of sp³-hybridized carbons (Fsp3) is 0.600. The molecule has 0 fully saturated rings.